The van der Waals surface area contributed by atoms with Crippen molar-refractivity contribution in [1.82, 2.24) is 0 Å². The van der Waals surface area contributed by atoms with Crippen molar-refractivity contribution in [3.8, 4) is 0 Å². The second-order valence-electron chi connectivity index (χ2n) is 6.09. The van der Waals surface area contributed by atoms with Crippen LogP contribution in [-0.2, 0) is 30.1 Å². The maximum absolute atomic E-state index is 12.9. The number of primary sulfonamides is 1. The molecular formula is C16H12Cl3N3O6S4. The molecule has 0 aliphatic rings. The second-order valence-corrected chi connectivity index (χ2v) is 13.4. The monoisotopic (exact) mass is 575 g/mol. The molecule has 0 unspecified atom stereocenters. The number of hydrogen-bond acceptors (Lipinski definition) is 7. The van der Waals surface area contributed by atoms with Gasteiger partial charge >= 0.3 is 0 Å². The lowest BCUT2D eigenvalue weighted by Gasteiger charge is -2.16. The molecule has 0 aliphatic carbocycles. The zero-order valence-electron chi connectivity index (χ0n) is 15.4. The summed E-state index contributed by atoms with van der Waals surface area (Å²) in [5.74, 6) is 0. The highest BCUT2D eigenvalue weighted by molar-refractivity contribution is 7.94. The lowest BCUT2D eigenvalue weighted by Crippen LogP contribution is -2.18. The van der Waals surface area contributed by atoms with E-state index in [1.54, 1.807) is 5.38 Å². The molecule has 3 rings (SSSR count). The number of nitrogens with two attached hydrogens (primary N) is 1. The number of benzene rings is 2. The Morgan fingerprint density at radius 2 is 1.31 bits per heavy atom. The van der Waals surface area contributed by atoms with Crippen molar-refractivity contribution in [2.45, 2.75) is 14.0 Å². The fraction of sp³-hybridized carbons (Fsp3) is 0. The fourth-order valence-corrected chi connectivity index (χ4v) is 7.03. The second kappa shape index (κ2) is 8.99. The number of halogens is 3. The van der Waals surface area contributed by atoms with Gasteiger partial charge in [-0.3, -0.25) is 9.44 Å². The van der Waals surface area contributed by atoms with E-state index in [4.69, 9.17) is 39.9 Å². The van der Waals surface area contributed by atoms with Crippen molar-refractivity contribution in [1.29, 1.82) is 0 Å². The molecular weight excluding hydrogens is 565 g/mol. The van der Waals surface area contributed by atoms with Gasteiger partial charge in [0, 0.05) is 0 Å². The van der Waals surface area contributed by atoms with Crippen LogP contribution < -0.4 is 14.6 Å². The predicted molar refractivity (Wildman–Crippen MR) is 125 cm³/mol. The minimum Gasteiger partial charge on any atom is -0.277 e. The molecule has 0 spiro atoms. The summed E-state index contributed by atoms with van der Waals surface area (Å²) >= 11 is 18.7. The minimum absolute atomic E-state index is 0.0205. The lowest BCUT2D eigenvalue weighted by molar-refractivity contribution is 0.596. The third kappa shape index (κ3) is 5.48. The van der Waals surface area contributed by atoms with Gasteiger partial charge in [-0.2, -0.15) is 0 Å². The van der Waals surface area contributed by atoms with Crippen LogP contribution in [0, 0.1) is 0 Å². The van der Waals surface area contributed by atoms with Crippen LogP contribution in [0.5, 0.6) is 0 Å². The van der Waals surface area contributed by atoms with Crippen LogP contribution in [0.2, 0.25) is 15.1 Å². The summed E-state index contributed by atoms with van der Waals surface area (Å²) in [5.41, 5.74) is -0.469. The van der Waals surface area contributed by atoms with Gasteiger partial charge in [-0.05, 0) is 41.8 Å². The number of sulfonamides is 3. The van der Waals surface area contributed by atoms with Crippen LogP contribution >= 0.6 is 46.1 Å². The first-order valence-electron chi connectivity index (χ1n) is 8.11. The van der Waals surface area contributed by atoms with Gasteiger partial charge in [-0.1, -0.05) is 40.9 Å². The molecule has 0 atom stereocenters. The average molecular weight is 577 g/mol. The van der Waals surface area contributed by atoms with E-state index in [9.17, 15) is 25.3 Å². The molecule has 2 aromatic carbocycles. The van der Waals surface area contributed by atoms with Gasteiger partial charge in [0.2, 0.25) is 10.0 Å². The van der Waals surface area contributed by atoms with E-state index in [1.165, 1.54) is 12.1 Å². The Hall–Kier alpha value is -1.58. The average Bonchev–Trinajstić information content (AvgIpc) is 3.20. The predicted octanol–water partition coefficient (Wildman–Crippen LogP) is 3.96. The van der Waals surface area contributed by atoms with Crippen LogP contribution in [0.1, 0.15) is 0 Å². The number of anilines is 2. The number of rotatable bonds is 7. The van der Waals surface area contributed by atoms with E-state index in [0.717, 1.165) is 41.7 Å². The Balaban J connectivity index is 2.06. The first-order chi connectivity index (χ1) is 14.7. The van der Waals surface area contributed by atoms with Crippen LogP contribution in [-0.4, -0.2) is 25.3 Å². The van der Waals surface area contributed by atoms with E-state index in [1.807, 2.05) is 0 Å². The Kier molecular flexibility index (Phi) is 7.04. The largest absolute Gasteiger partial charge is 0.277 e. The Labute approximate surface area is 203 Å². The molecule has 0 saturated carbocycles. The van der Waals surface area contributed by atoms with Crippen LogP contribution in [0.3, 0.4) is 0 Å². The summed E-state index contributed by atoms with van der Waals surface area (Å²) < 4.78 is 78.7. The standard InChI is InChI=1S/C16H12Cl3N3O6S4/c17-10-4-3-9(6-15(10)30(20,23)24)31(25,26)21-13-7-11(18)12(19)8-14(13)22-32(27,28)16-2-1-5-29-16/h1-8,21-22H,(H2,20,23,24). The smallest absolute Gasteiger partial charge is 0.271 e. The third-order valence-electron chi connectivity index (χ3n) is 3.83. The molecule has 0 radical (unpaired) electrons. The molecule has 172 valence electrons. The maximum Gasteiger partial charge on any atom is 0.271 e. The van der Waals surface area contributed by atoms with Gasteiger partial charge in [0.05, 0.1) is 31.3 Å². The summed E-state index contributed by atoms with van der Waals surface area (Å²) in [6.07, 6.45) is 0. The van der Waals surface area contributed by atoms with Crippen LogP contribution in [0.15, 0.2) is 61.8 Å². The Morgan fingerprint density at radius 1 is 0.750 bits per heavy atom. The summed E-state index contributed by atoms with van der Waals surface area (Å²) in [6.45, 7) is 0. The molecule has 1 aromatic heterocycles. The zero-order chi connectivity index (χ0) is 23.9. The van der Waals surface area contributed by atoms with E-state index >= 15 is 0 Å². The van der Waals surface area contributed by atoms with E-state index in [0.29, 0.717) is 0 Å². The highest BCUT2D eigenvalue weighted by Gasteiger charge is 2.24. The highest BCUT2D eigenvalue weighted by atomic mass is 35.5. The van der Waals surface area contributed by atoms with Gasteiger partial charge in [-0.25, -0.2) is 30.4 Å². The van der Waals surface area contributed by atoms with Crippen molar-refractivity contribution >= 4 is 87.6 Å². The van der Waals surface area contributed by atoms with E-state index < -0.39 is 39.9 Å². The fourth-order valence-electron chi connectivity index (χ4n) is 2.40. The van der Waals surface area contributed by atoms with Gasteiger partial charge in [0.15, 0.2) is 0 Å². The third-order valence-corrected chi connectivity index (χ3v) is 10.1. The SMILES string of the molecule is NS(=O)(=O)c1cc(S(=O)(=O)Nc2cc(Cl)c(Cl)cc2NS(=O)(=O)c2cccs2)ccc1Cl. The topological polar surface area (TPSA) is 152 Å². The molecule has 3 aromatic rings. The number of thiophene rings is 1. The van der Waals surface area contributed by atoms with Crippen molar-refractivity contribution in [2.75, 3.05) is 9.44 Å². The first kappa shape index (κ1) is 25.1. The normalized spacial score (nSPS) is 12.5. The zero-order valence-corrected chi connectivity index (χ0v) is 20.9. The van der Waals surface area contributed by atoms with Crippen molar-refractivity contribution < 1.29 is 25.3 Å². The molecule has 1 heterocycles. The van der Waals surface area contributed by atoms with Gasteiger partial charge in [0.1, 0.15) is 9.10 Å². The molecule has 0 bridgehead atoms. The maximum atomic E-state index is 12.9. The van der Waals surface area contributed by atoms with Crippen molar-refractivity contribution in [3.63, 3.8) is 0 Å². The van der Waals surface area contributed by atoms with Crippen LogP contribution in [0.4, 0.5) is 11.4 Å². The lowest BCUT2D eigenvalue weighted by atomic mass is 10.3. The first-order valence-corrected chi connectivity index (χ1v) is 14.6. The molecule has 4 N–H and O–H groups in total. The van der Waals surface area contributed by atoms with Crippen molar-refractivity contribution in [2.24, 2.45) is 5.14 Å². The molecule has 16 heteroatoms. The Bertz CT molecular complexity index is 1510. The summed E-state index contributed by atoms with van der Waals surface area (Å²) in [5, 5.41) is 6.24. The molecule has 0 aliphatic heterocycles. The molecule has 0 amide bonds. The quantitative estimate of drug-likeness (QED) is 0.387. The Morgan fingerprint density at radius 3 is 1.81 bits per heavy atom. The molecule has 9 nitrogen and oxygen atoms in total. The summed E-state index contributed by atoms with van der Waals surface area (Å²) in [6, 6.07) is 7.98. The van der Waals surface area contributed by atoms with E-state index in [2.05, 4.69) is 9.44 Å². The summed E-state index contributed by atoms with van der Waals surface area (Å²) in [4.78, 5) is -1.10. The molecule has 32 heavy (non-hydrogen) atoms. The van der Waals surface area contributed by atoms with Crippen molar-refractivity contribution in [3.05, 3.63) is 62.9 Å². The molecule has 0 saturated heterocycles. The van der Waals surface area contributed by atoms with Gasteiger partial charge in [-0.15, -0.1) is 11.3 Å². The number of hydrogen-bond donors (Lipinski definition) is 3. The van der Waals surface area contributed by atoms with Gasteiger partial charge in [0.25, 0.3) is 20.0 Å². The summed E-state index contributed by atoms with van der Waals surface area (Å²) in [7, 11) is -12.8. The molecule has 0 fully saturated rings. The van der Waals surface area contributed by atoms with Gasteiger partial charge < -0.3 is 0 Å². The minimum atomic E-state index is -4.44. The van der Waals surface area contributed by atoms with E-state index in [-0.39, 0.29) is 30.7 Å². The van der Waals surface area contributed by atoms with Crippen LogP contribution in [0.25, 0.3) is 0 Å². The highest BCUT2D eigenvalue weighted by Crippen LogP contribution is 2.36. The number of nitrogens with one attached hydrogen (secondary N) is 2.